The molecule has 2 N–H and O–H groups in total. The zero-order valence-electron chi connectivity index (χ0n) is 11.3. The van der Waals surface area contributed by atoms with Crippen LogP contribution in [0.25, 0.3) is 16.9 Å². The summed E-state index contributed by atoms with van der Waals surface area (Å²) in [5.74, 6) is 0.716. The molecule has 0 unspecified atom stereocenters. The first-order chi connectivity index (χ1) is 10.2. The molecule has 106 valence electrons. The topological polar surface area (TPSA) is 66.0 Å². The number of hydrogen-bond donors (Lipinski definition) is 1. The maximum absolute atomic E-state index is 6.29. The first-order valence-electron chi connectivity index (χ1n) is 6.27. The standard InChI is InChI=1S/C15H13ClN4O/c1-21-10-2-3-12(16)14(6-10)20-9-19-8-15(20)11-7-18-5-4-13(11)17/h2-9H,1H3,(H2,17,18). The Hall–Kier alpha value is -2.53. The lowest BCUT2D eigenvalue weighted by molar-refractivity contribution is 0.414. The molecule has 2 aromatic heterocycles. The molecule has 3 aromatic rings. The number of methoxy groups -OCH3 is 1. The van der Waals surface area contributed by atoms with Crippen LogP contribution >= 0.6 is 11.6 Å². The molecule has 0 radical (unpaired) electrons. The number of hydrogen-bond acceptors (Lipinski definition) is 4. The quantitative estimate of drug-likeness (QED) is 0.807. The minimum Gasteiger partial charge on any atom is -0.497 e. The van der Waals surface area contributed by atoms with E-state index in [-0.39, 0.29) is 0 Å². The van der Waals surface area contributed by atoms with Crippen LogP contribution in [0.3, 0.4) is 0 Å². The smallest absolute Gasteiger partial charge is 0.121 e. The first-order valence-corrected chi connectivity index (χ1v) is 6.64. The summed E-state index contributed by atoms with van der Waals surface area (Å²) in [7, 11) is 1.61. The molecular weight excluding hydrogens is 288 g/mol. The molecule has 0 atom stereocenters. The van der Waals surface area contributed by atoms with Crippen molar-refractivity contribution in [2.75, 3.05) is 12.8 Å². The van der Waals surface area contributed by atoms with Crippen LogP contribution in [-0.4, -0.2) is 21.6 Å². The summed E-state index contributed by atoms with van der Waals surface area (Å²) in [4.78, 5) is 8.31. The Balaban J connectivity index is 2.18. The van der Waals surface area contributed by atoms with Gasteiger partial charge in [0.1, 0.15) is 5.75 Å². The van der Waals surface area contributed by atoms with Crippen molar-refractivity contribution in [1.82, 2.24) is 14.5 Å². The summed E-state index contributed by atoms with van der Waals surface area (Å²) in [5.41, 5.74) is 9.03. The maximum Gasteiger partial charge on any atom is 0.121 e. The Morgan fingerprint density at radius 1 is 1.19 bits per heavy atom. The van der Waals surface area contributed by atoms with Gasteiger partial charge in [-0.25, -0.2) is 4.98 Å². The second-order valence-corrected chi connectivity index (χ2v) is 4.84. The predicted octanol–water partition coefficient (Wildman–Crippen LogP) is 3.18. The number of rotatable bonds is 3. The predicted molar refractivity (Wildman–Crippen MR) is 82.8 cm³/mol. The van der Waals surface area contributed by atoms with E-state index in [4.69, 9.17) is 22.1 Å². The van der Waals surface area contributed by atoms with E-state index in [1.54, 1.807) is 50.2 Å². The number of pyridine rings is 1. The van der Waals surface area contributed by atoms with Gasteiger partial charge in [-0.05, 0) is 18.2 Å². The molecule has 3 rings (SSSR count). The molecule has 6 heteroatoms. The molecule has 0 amide bonds. The minimum atomic E-state index is 0.595. The number of nitrogens with two attached hydrogens (primary N) is 1. The van der Waals surface area contributed by atoms with Crippen molar-refractivity contribution in [3.8, 4) is 22.7 Å². The average Bonchev–Trinajstić information content (AvgIpc) is 2.97. The van der Waals surface area contributed by atoms with Crippen molar-refractivity contribution in [2.45, 2.75) is 0 Å². The molecular formula is C15H13ClN4O. The summed E-state index contributed by atoms with van der Waals surface area (Å²) in [6.45, 7) is 0. The highest BCUT2D eigenvalue weighted by molar-refractivity contribution is 6.32. The van der Waals surface area contributed by atoms with E-state index in [2.05, 4.69) is 9.97 Å². The third kappa shape index (κ3) is 2.43. The normalized spacial score (nSPS) is 10.6. The second-order valence-electron chi connectivity index (χ2n) is 4.43. The molecule has 0 aliphatic rings. The van der Waals surface area contributed by atoms with Crippen LogP contribution in [-0.2, 0) is 0 Å². The fraction of sp³-hybridized carbons (Fsp3) is 0.0667. The lowest BCUT2D eigenvalue weighted by atomic mass is 10.2. The maximum atomic E-state index is 6.29. The highest BCUT2D eigenvalue weighted by atomic mass is 35.5. The monoisotopic (exact) mass is 300 g/mol. The summed E-state index contributed by atoms with van der Waals surface area (Å²) in [5, 5.41) is 0.595. The molecule has 0 aliphatic heterocycles. The number of aromatic nitrogens is 3. The van der Waals surface area contributed by atoms with Gasteiger partial charge in [0.25, 0.3) is 0 Å². The van der Waals surface area contributed by atoms with Crippen molar-refractivity contribution >= 4 is 17.3 Å². The van der Waals surface area contributed by atoms with E-state index in [1.807, 2.05) is 10.6 Å². The van der Waals surface area contributed by atoms with E-state index in [9.17, 15) is 0 Å². The fourth-order valence-electron chi connectivity index (χ4n) is 2.11. The van der Waals surface area contributed by atoms with E-state index in [0.717, 1.165) is 16.9 Å². The van der Waals surface area contributed by atoms with Crippen LogP contribution in [0.1, 0.15) is 0 Å². The van der Waals surface area contributed by atoms with E-state index >= 15 is 0 Å². The SMILES string of the molecule is COc1ccc(Cl)c(-n2cncc2-c2cnccc2N)c1. The van der Waals surface area contributed by atoms with Crippen LogP contribution in [0.5, 0.6) is 5.75 Å². The van der Waals surface area contributed by atoms with Gasteiger partial charge in [0.2, 0.25) is 0 Å². The number of ether oxygens (including phenoxy) is 1. The van der Waals surface area contributed by atoms with Gasteiger partial charge in [-0.15, -0.1) is 0 Å². The van der Waals surface area contributed by atoms with Gasteiger partial charge in [-0.2, -0.15) is 0 Å². The van der Waals surface area contributed by atoms with Crippen LogP contribution in [0.4, 0.5) is 5.69 Å². The minimum absolute atomic E-state index is 0.595. The van der Waals surface area contributed by atoms with Crippen molar-refractivity contribution in [2.24, 2.45) is 0 Å². The highest BCUT2D eigenvalue weighted by Gasteiger charge is 2.13. The Morgan fingerprint density at radius 3 is 2.81 bits per heavy atom. The van der Waals surface area contributed by atoms with Crippen molar-refractivity contribution in [1.29, 1.82) is 0 Å². The molecule has 0 spiro atoms. The van der Waals surface area contributed by atoms with Gasteiger partial charge < -0.3 is 10.5 Å². The summed E-state index contributed by atoms with van der Waals surface area (Å²) in [6, 6.07) is 7.19. The zero-order valence-corrected chi connectivity index (χ0v) is 12.1. The van der Waals surface area contributed by atoms with Gasteiger partial charge >= 0.3 is 0 Å². The Morgan fingerprint density at radius 2 is 2.05 bits per heavy atom. The summed E-state index contributed by atoms with van der Waals surface area (Å²) in [6.07, 6.45) is 6.76. The molecule has 5 nitrogen and oxygen atoms in total. The first kappa shape index (κ1) is 13.5. The van der Waals surface area contributed by atoms with Gasteiger partial charge in [-0.1, -0.05) is 11.6 Å². The molecule has 0 saturated carbocycles. The number of nitrogen functional groups attached to an aromatic ring is 1. The number of imidazole rings is 1. The molecule has 0 fully saturated rings. The van der Waals surface area contributed by atoms with E-state index in [0.29, 0.717) is 16.5 Å². The van der Waals surface area contributed by atoms with E-state index < -0.39 is 0 Å². The molecule has 0 aliphatic carbocycles. The highest BCUT2D eigenvalue weighted by Crippen LogP contribution is 2.31. The van der Waals surface area contributed by atoms with Crippen molar-refractivity contribution in [3.63, 3.8) is 0 Å². The number of nitrogens with zero attached hydrogens (tertiary/aromatic N) is 3. The van der Waals surface area contributed by atoms with Gasteiger partial charge in [0.05, 0.1) is 36.0 Å². The third-order valence-corrected chi connectivity index (χ3v) is 3.50. The van der Waals surface area contributed by atoms with Gasteiger partial charge in [0, 0.05) is 29.7 Å². The van der Waals surface area contributed by atoms with Gasteiger partial charge in [-0.3, -0.25) is 9.55 Å². The molecule has 0 saturated heterocycles. The zero-order chi connectivity index (χ0) is 14.8. The third-order valence-electron chi connectivity index (χ3n) is 3.18. The molecule has 1 aromatic carbocycles. The number of halogens is 1. The van der Waals surface area contributed by atoms with Crippen LogP contribution in [0.15, 0.2) is 49.2 Å². The van der Waals surface area contributed by atoms with E-state index in [1.165, 1.54) is 0 Å². The molecule has 2 heterocycles. The molecule has 21 heavy (non-hydrogen) atoms. The largest absolute Gasteiger partial charge is 0.497 e. The summed E-state index contributed by atoms with van der Waals surface area (Å²) < 4.78 is 7.11. The lowest BCUT2D eigenvalue weighted by Crippen LogP contribution is -1.99. The Bertz CT molecular complexity index is 785. The average molecular weight is 301 g/mol. The van der Waals surface area contributed by atoms with Crippen LogP contribution in [0, 0.1) is 0 Å². The van der Waals surface area contributed by atoms with Crippen molar-refractivity contribution in [3.05, 3.63) is 54.2 Å². The van der Waals surface area contributed by atoms with Crippen LogP contribution < -0.4 is 10.5 Å². The second kappa shape index (κ2) is 5.46. The Labute approximate surface area is 127 Å². The lowest BCUT2D eigenvalue weighted by Gasteiger charge is -2.12. The fourth-order valence-corrected chi connectivity index (χ4v) is 2.32. The molecule has 0 bridgehead atoms. The number of anilines is 1. The number of benzene rings is 1. The van der Waals surface area contributed by atoms with Crippen molar-refractivity contribution < 1.29 is 4.74 Å². The summed E-state index contributed by atoms with van der Waals surface area (Å²) >= 11 is 6.29. The van der Waals surface area contributed by atoms with Crippen LogP contribution in [0.2, 0.25) is 5.02 Å². The van der Waals surface area contributed by atoms with Gasteiger partial charge in [0.15, 0.2) is 0 Å². The Kier molecular flexibility index (Phi) is 3.50.